The van der Waals surface area contributed by atoms with Gasteiger partial charge in [-0.2, -0.15) is 4.80 Å². The van der Waals surface area contributed by atoms with Gasteiger partial charge < -0.3 is 15.0 Å². The molecular weight excluding hydrogens is 368 g/mol. The normalized spacial score (nSPS) is 15.1. The van der Waals surface area contributed by atoms with Gasteiger partial charge in [-0.05, 0) is 29.8 Å². The number of anilines is 1. The molecule has 0 spiro atoms. The fourth-order valence-corrected chi connectivity index (χ4v) is 3.31. The molecule has 1 amide bonds. The van der Waals surface area contributed by atoms with Gasteiger partial charge in [0.1, 0.15) is 6.54 Å². The van der Waals surface area contributed by atoms with Crippen LogP contribution in [0.5, 0.6) is 0 Å². The average molecular weight is 392 g/mol. The van der Waals surface area contributed by atoms with Crippen molar-refractivity contribution in [2.45, 2.75) is 19.5 Å². The molecule has 8 heteroatoms. The lowest BCUT2D eigenvalue weighted by molar-refractivity contribution is -0.122. The Morgan fingerprint density at radius 2 is 1.83 bits per heavy atom. The van der Waals surface area contributed by atoms with Crippen molar-refractivity contribution >= 4 is 11.6 Å². The predicted molar refractivity (Wildman–Crippen MR) is 109 cm³/mol. The highest BCUT2D eigenvalue weighted by Crippen LogP contribution is 2.20. The first-order valence-electron chi connectivity index (χ1n) is 9.74. The quantitative estimate of drug-likeness (QED) is 0.691. The number of hydrogen-bond acceptors (Lipinski definition) is 6. The van der Waals surface area contributed by atoms with E-state index in [1.807, 2.05) is 37.3 Å². The summed E-state index contributed by atoms with van der Waals surface area (Å²) in [5, 5.41) is 15.3. The molecule has 29 heavy (non-hydrogen) atoms. The highest BCUT2D eigenvalue weighted by molar-refractivity contribution is 5.76. The minimum Gasteiger partial charge on any atom is -0.378 e. The van der Waals surface area contributed by atoms with Gasteiger partial charge in [0, 0.05) is 24.3 Å². The Hall–Kier alpha value is -3.26. The number of benzene rings is 2. The number of rotatable bonds is 6. The lowest BCUT2D eigenvalue weighted by atomic mass is 10.1. The van der Waals surface area contributed by atoms with Crippen molar-refractivity contribution in [1.82, 2.24) is 25.5 Å². The van der Waals surface area contributed by atoms with E-state index in [0.29, 0.717) is 5.82 Å². The third-order valence-corrected chi connectivity index (χ3v) is 4.92. The van der Waals surface area contributed by atoms with Crippen LogP contribution in [0, 0.1) is 0 Å². The van der Waals surface area contributed by atoms with Gasteiger partial charge in [-0.1, -0.05) is 42.5 Å². The molecule has 2 heterocycles. The Labute approximate surface area is 169 Å². The summed E-state index contributed by atoms with van der Waals surface area (Å²) in [6.07, 6.45) is 0. The number of tetrazole rings is 1. The topological polar surface area (TPSA) is 85.2 Å². The first kappa shape index (κ1) is 19.1. The van der Waals surface area contributed by atoms with Gasteiger partial charge in [0.2, 0.25) is 11.7 Å². The van der Waals surface area contributed by atoms with Gasteiger partial charge in [-0.25, -0.2) is 0 Å². The molecule has 0 saturated carbocycles. The van der Waals surface area contributed by atoms with Crippen molar-refractivity contribution < 1.29 is 9.53 Å². The maximum absolute atomic E-state index is 12.4. The third kappa shape index (κ3) is 4.78. The van der Waals surface area contributed by atoms with Crippen LogP contribution in [0.3, 0.4) is 0 Å². The maximum Gasteiger partial charge on any atom is 0.244 e. The predicted octanol–water partition coefficient (Wildman–Crippen LogP) is 2.05. The lowest BCUT2D eigenvalue weighted by Crippen LogP contribution is -2.36. The van der Waals surface area contributed by atoms with Crippen molar-refractivity contribution in [2.75, 3.05) is 31.2 Å². The molecule has 1 atom stereocenters. The van der Waals surface area contributed by atoms with E-state index in [0.717, 1.165) is 37.4 Å². The number of aromatic nitrogens is 4. The van der Waals surface area contributed by atoms with Crippen LogP contribution in [0.4, 0.5) is 5.69 Å². The van der Waals surface area contributed by atoms with Crippen LogP contribution in [0.1, 0.15) is 18.5 Å². The number of nitrogens with zero attached hydrogens (tertiary/aromatic N) is 5. The van der Waals surface area contributed by atoms with Crippen molar-refractivity contribution in [3.8, 4) is 11.4 Å². The fraction of sp³-hybridized carbons (Fsp3) is 0.333. The molecule has 1 aliphatic rings. The fourth-order valence-electron chi connectivity index (χ4n) is 3.31. The molecule has 8 nitrogen and oxygen atoms in total. The summed E-state index contributed by atoms with van der Waals surface area (Å²) in [5.41, 5.74) is 3.09. The summed E-state index contributed by atoms with van der Waals surface area (Å²) in [7, 11) is 0. The van der Waals surface area contributed by atoms with Crippen molar-refractivity contribution in [3.05, 3.63) is 60.2 Å². The van der Waals surface area contributed by atoms with Crippen molar-refractivity contribution in [1.29, 1.82) is 0 Å². The molecule has 1 unspecified atom stereocenters. The van der Waals surface area contributed by atoms with Gasteiger partial charge >= 0.3 is 0 Å². The highest BCUT2D eigenvalue weighted by atomic mass is 16.5. The largest absolute Gasteiger partial charge is 0.378 e. The Morgan fingerprint density at radius 3 is 2.55 bits per heavy atom. The summed E-state index contributed by atoms with van der Waals surface area (Å²) >= 11 is 0. The molecule has 150 valence electrons. The van der Waals surface area contributed by atoms with Gasteiger partial charge in [0.25, 0.3) is 0 Å². The lowest BCUT2D eigenvalue weighted by Gasteiger charge is -2.29. The Bertz CT molecular complexity index is 935. The first-order valence-corrected chi connectivity index (χ1v) is 9.74. The minimum absolute atomic E-state index is 0.0238. The van der Waals surface area contributed by atoms with E-state index in [4.69, 9.17) is 4.74 Å². The minimum atomic E-state index is -0.160. The van der Waals surface area contributed by atoms with E-state index in [1.165, 1.54) is 10.5 Å². The summed E-state index contributed by atoms with van der Waals surface area (Å²) in [5.74, 6) is 0.344. The van der Waals surface area contributed by atoms with Crippen molar-refractivity contribution in [3.63, 3.8) is 0 Å². The highest BCUT2D eigenvalue weighted by Gasteiger charge is 2.14. The third-order valence-electron chi connectivity index (χ3n) is 4.92. The Kier molecular flexibility index (Phi) is 5.81. The first-order chi connectivity index (χ1) is 14.2. The van der Waals surface area contributed by atoms with Crippen LogP contribution >= 0.6 is 0 Å². The molecule has 1 saturated heterocycles. The maximum atomic E-state index is 12.4. The summed E-state index contributed by atoms with van der Waals surface area (Å²) in [4.78, 5) is 16.0. The monoisotopic (exact) mass is 392 g/mol. The SMILES string of the molecule is CC(NC(=O)Cn1nnc(-c2ccccc2)n1)c1ccc(N2CCOCC2)cc1. The molecule has 1 fully saturated rings. The Morgan fingerprint density at radius 1 is 1.10 bits per heavy atom. The standard InChI is InChI=1S/C21H24N6O2/c1-16(17-7-9-19(10-8-17)26-11-13-29-14-12-26)22-20(28)15-27-24-21(23-25-27)18-5-3-2-4-6-18/h2-10,16H,11-15H2,1H3,(H,22,28). The molecule has 1 aliphatic heterocycles. The molecule has 0 radical (unpaired) electrons. The van der Waals surface area contributed by atoms with Gasteiger partial charge in [0.05, 0.1) is 19.3 Å². The Balaban J connectivity index is 1.33. The van der Waals surface area contributed by atoms with E-state index < -0.39 is 0 Å². The van der Waals surface area contributed by atoms with Crippen LogP contribution in [0.15, 0.2) is 54.6 Å². The van der Waals surface area contributed by atoms with Crippen LogP contribution in [0.2, 0.25) is 0 Å². The molecule has 1 N–H and O–H groups in total. The molecule has 0 bridgehead atoms. The smallest absolute Gasteiger partial charge is 0.244 e. The molecule has 3 aromatic rings. The molecule has 2 aromatic carbocycles. The van der Waals surface area contributed by atoms with E-state index in [2.05, 4.69) is 49.9 Å². The second-order valence-electron chi connectivity index (χ2n) is 6.99. The average Bonchev–Trinajstić information content (AvgIpc) is 3.23. The molecule has 1 aromatic heterocycles. The number of carbonyl (C=O) groups is 1. The van der Waals surface area contributed by atoms with Gasteiger partial charge in [-0.3, -0.25) is 4.79 Å². The number of nitrogens with one attached hydrogen (secondary N) is 1. The van der Waals surface area contributed by atoms with Gasteiger partial charge in [-0.15, -0.1) is 10.2 Å². The zero-order valence-electron chi connectivity index (χ0n) is 16.4. The van der Waals surface area contributed by atoms with Crippen LogP contribution in [-0.2, 0) is 16.1 Å². The zero-order chi connectivity index (χ0) is 20.1. The number of hydrogen-bond donors (Lipinski definition) is 1. The number of amides is 1. The van der Waals surface area contributed by atoms with E-state index in [-0.39, 0.29) is 18.5 Å². The van der Waals surface area contributed by atoms with E-state index >= 15 is 0 Å². The number of ether oxygens (including phenoxy) is 1. The van der Waals surface area contributed by atoms with Gasteiger partial charge in [0.15, 0.2) is 0 Å². The molecule has 0 aliphatic carbocycles. The molecular formula is C21H24N6O2. The number of morpholine rings is 1. The van der Waals surface area contributed by atoms with Crippen molar-refractivity contribution in [2.24, 2.45) is 0 Å². The summed E-state index contributed by atoms with van der Waals surface area (Å²) < 4.78 is 5.40. The second-order valence-corrected chi connectivity index (χ2v) is 6.99. The second kappa shape index (κ2) is 8.83. The van der Waals surface area contributed by atoms with E-state index in [1.54, 1.807) is 0 Å². The summed E-state index contributed by atoms with van der Waals surface area (Å²) in [6, 6.07) is 17.7. The van der Waals surface area contributed by atoms with Crippen LogP contribution in [0.25, 0.3) is 11.4 Å². The van der Waals surface area contributed by atoms with Crippen LogP contribution in [-0.4, -0.2) is 52.4 Å². The zero-order valence-corrected chi connectivity index (χ0v) is 16.4. The van der Waals surface area contributed by atoms with E-state index in [9.17, 15) is 4.79 Å². The molecule has 4 rings (SSSR count). The number of carbonyl (C=O) groups excluding carboxylic acids is 1. The summed E-state index contributed by atoms with van der Waals surface area (Å²) in [6.45, 7) is 5.32. The van der Waals surface area contributed by atoms with Crippen LogP contribution < -0.4 is 10.2 Å².